The number of nitrogens with one attached hydrogen (secondary N) is 2. The van der Waals surface area contributed by atoms with Gasteiger partial charge in [0.25, 0.3) is 0 Å². The summed E-state index contributed by atoms with van der Waals surface area (Å²) in [6.45, 7) is 6.52. The van der Waals surface area contributed by atoms with Crippen LogP contribution in [0.3, 0.4) is 0 Å². The third kappa shape index (κ3) is 5.10. The molecule has 0 aliphatic rings. The van der Waals surface area contributed by atoms with Crippen molar-refractivity contribution in [2.75, 3.05) is 5.32 Å². The number of hydrogen-bond donors (Lipinski definition) is 2. The van der Waals surface area contributed by atoms with Crippen molar-refractivity contribution in [2.45, 2.75) is 39.2 Å². The van der Waals surface area contributed by atoms with Crippen LogP contribution >= 0.6 is 35.4 Å². The molecule has 0 spiro atoms. The lowest BCUT2D eigenvalue weighted by molar-refractivity contribution is 0.713. The van der Waals surface area contributed by atoms with Crippen LogP contribution in [-0.2, 0) is 0 Å². The molecule has 0 aliphatic heterocycles. The largest absolute Gasteiger partial charge is 0.356 e. The second-order valence-electron chi connectivity index (χ2n) is 5.92. The molecule has 2 aromatic carbocycles. The molecule has 2 atom stereocenters. The van der Waals surface area contributed by atoms with Crippen molar-refractivity contribution in [3.05, 3.63) is 63.6 Å². The van der Waals surface area contributed by atoms with Gasteiger partial charge in [0.15, 0.2) is 5.11 Å². The van der Waals surface area contributed by atoms with Gasteiger partial charge in [0.1, 0.15) is 0 Å². The highest BCUT2D eigenvalue weighted by Gasteiger charge is 2.10. The third-order valence-electron chi connectivity index (χ3n) is 4.14. The minimum Gasteiger partial charge on any atom is -0.356 e. The van der Waals surface area contributed by atoms with E-state index in [1.54, 1.807) is 18.2 Å². The van der Waals surface area contributed by atoms with Crippen LogP contribution in [0.25, 0.3) is 0 Å². The van der Waals surface area contributed by atoms with E-state index in [1.165, 1.54) is 11.1 Å². The monoisotopic (exact) mass is 380 g/mol. The summed E-state index contributed by atoms with van der Waals surface area (Å²) in [5.74, 6) is 0.579. The second kappa shape index (κ2) is 8.70. The zero-order chi connectivity index (χ0) is 17.7. The maximum atomic E-state index is 6.15. The van der Waals surface area contributed by atoms with Crippen molar-refractivity contribution in [1.82, 2.24) is 5.32 Å². The Morgan fingerprint density at radius 1 is 1.04 bits per heavy atom. The van der Waals surface area contributed by atoms with Crippen molar-refractivity contribution in [3.63, 3.8) is 0 Å². The first-order valence-corrected chi connectivity index (χ1v) is 9.19. The zero-order valence-electron chi connectivity index (χ0n) is 14.1. The highest BCUT2D eigenvalue weighted by Crippen LogP contribution is 2.26. The first-order chi connectivity index (χ1) is 11.4. The summed E-state index contributed by atoms with van der Waals surface area (Å²) in [5, 5.41) is 8.07. The summed E-state index contributed by atoms with van der Waals surface area (Å²) in [5.41, 5.74) is 3.24. The third-order valence-corrected chi connectivity index (χ3v) is 4.93. The fourth-order valence-corrected chi connectivity index (χ4v) is 3.00. The summed E-state index contributed by atoms with van der Waals surface area (Å²) >= 11 is 17.5. The lowest BCUT2D eigenvalue weighted by Crippen LogP contribution is -2.31. The number of halogens is 2. The molecule has 0 bridgehead atoms. The molecule has 2 unspecified atom stereocenters. The summed E-state index contributed by atoms with van der Waals surface area (Å²) < 4.78 is 0. The Balaban J connectivity index is 1.99. The molecule has 24 heavy (non-hydrogen) atoms. The Morgan fingerprint density at radius 3 is 2.29 bits per heavy atom. The molecular weight excluding hydrogens is 359 g/mol. The Kier molecular flexibility index (Phi) is 6.90. The van der Waals surface area contributed by atoms with Gasteiger partial charge in [-0.3, -0.25) is 0 Å². The molecule has 2 nitrogen and oxygen atoms in total. The fraction of sp³-hybridized carbons (Fsp3) is 0.316. The first kappa shape index (κ1) is 19.0. The molecule has 0 amide bonds. The number of hydrogen-bond acceptors (Lipinski definition) is 1. The van der Waals surface area contributed by atoms with E-state index in [4.69, 9.17) is 35.4 Å². The van der Waals surface area contributed by atoms with Crippen LogP contribution in [0.1, 0.15) is 50.3 Å². The van der Waals surface area contributed by atoms with Crippen LogP contribution in [0.4, 0.5) is 5.69 Å². The molecular formula is C19H22Cl2N2S. The number of anilines is 1. The van der Waals surface area contributed by atoms with Crippen LogP contribution in [0, 0.1) is 0 Å². The Labute approximate surface area is 159 Å². The Hall–Kier alpha value is -1.29. The van der Waals surface area contributed by atoms with Gasteiger partial charge in [0.05, 0.1) is 16.8 Å². The van der Waals surface area contributed by atoms with Crippen LogP contribution < -0.4 is 10.6 Å². The highest BCUT2D eigenvalue weighted by molar-refractivity contribution is 7.80. The normalized spacial score (nSPS) is 13.2. The number of rotatable bonds is 5. The Bertz CT molecular complexity index is 701. The molecule has 0 aromatic heterocycles. The summed E-state index contributed by atoms with van der Waals surface area (Å²) in [4.78, 5) is 0. The van der Waals surface area contributed by atoms with E-state index in [0.29, 0.717) is 26.8 Å². The van der Waals surface area contributed by atoms with Gasteiger partial charge in [0, 0.05) is 5.02 Å². The second-order valence-corrected chi connectivity index (χ2v) is 7.17. The molecule has 0 aliphatic carbocycles. The average Bonchev–Trinajstić information content (AvgIpc) is 2.57. The SMILES string of the molecule is CCC(C)c1ccc(C(C)NC(=S)Nc2cc(Cl)ccc2Cl)cc1. The molecule has 0 heterocycles. The van der Waals surface area contributed by atoms with Crippen molar-refractivity contribution in [3.8, 4) is 0 Å². The minimum atomic E-state index is 0.0916. The average molecular weight is 381 g/mol. The van der Waals surface area contributed by atoms with E-state index in [0.717, 1.165) is 6.42 Å². The molecule has 0 saturated carbocycles. The van der Waals surface area contributed by atoms with E-state index >= 15 is 0 Å². The topological polar surface area (TPSA) is 24.1 Å². The first-order valence-electron chi connectivity index (χ1n) is 8.03. The lowest BCUT2D eigenvalue weighted by Gasteiger charge is -2.19. The highest BCUT2D eigenvalue weighted by atomic mass is 35.5. The van der Waals surface area contributed by atoms with Gasteiger partial charge in [-0.05, 0) is 60.8 Å². The lowest BCUT2D eigenvalue weighted by atomic mass is 9.96. The quantitative estimate of drug-likeness (QED) is 0.574. The number of thiocarbonyl (C=S) groups is 1. The summed E-state index contributed by atoms with van der Waals surface area (Å²) in [6.07, 6.45) is 1.14. The van der Waals surface area contributed by atoms with E-state index in [9.17, 15) is 0 Å². The van der Waals surface area contributed by atoms with Crippen molar-refractivity contribution < 1.29 is 0 Å². The van der Waals surface area contributed by atoms with E-state index in [2.05, 4.69) is 55.7 Å². The van der Waals surface area contributed by atoms with Gasteiger partial charge in [-0.25, -0.2) is 0 Å². The fourth-order valence-electron chi connectivity index (χ4n) is 2.38. The molecule has 128 valence electrons. The molecule has 2 aromatic rings. The van der Waals surface area contributed by atoms with E-state index < -0.39 is 0 Å². The molecule has 5 heteroatoms. The van der Waals surface area contributed by atoms with Crippen molar-refractivity contribution >= 4 is 46.2 Å². The standard InChI is InChI=1S/C19H22Cl2N2S/c1-4-12(2)14-5-7-15(8-6-14)13(3)22-19(24)23-18-11-16(20)9-10-17(18)21/h5-13H,4H2,1-3H3,(H2,22,23,24). The minimum absolute atomic E-state index is 0.0916. The number of benzene rings is 2. The van der Waals surface area contributed by atoms with Crippen molar-refractivity contribution in [2.24, 2.45) is 0 Å². The smallest absolute Gasteiger partial charge is 0.171 e. The van der Waals surface area contributed by atoms with Gasteiger partial charge < -0.3 is 10.6 Å². The van der Waals surface area contributed by atoms with Gasteiger partial charge >= 0.3 is 0 Å². The maximum absolute atomic E-state index is 6.15. The van der Waals surface area contributed by atoms with Crippen LogP contribution in [0.5, 0.6) is 0 Å². The predicted octanol–water partition coefficient (Wildman–Crippen LogP) is 6.55. The van der Waals surface area contributed by atoms with Crippen LogP contribution in [-0.4, -0.2) is 5.11 Å². The maximum Gasteiger partial charge on any atom is 0.171 e. The zero-order valence-corrected chi connectivity index (χ0v) is 16.4. The van der Waals surface area contributed by atoms with Gasteiger partial charge in [0.2, 0.25) is 0 Å². The Morgan fingerprint density at radius 2 is 1.67 bits per heavy atom. The molecule has 0 radical (unpaired) electrons. The summed E-state index contributed by atoms with van der Waals surface area (Å²) in [6, 6.07) is 14.0. The van der Waals surface area contributed by atoms with Gasteiger partial charge in [-0.15, -0.1) is 0 Å². The van der Waals surface area contributed by atoms with Crippen LogP contribution in [0.15, 0.2) is 42.5 Å². The van der Waals surface area contributed by atoms with E-state index in [-0.39, 0.29) is 6.04 Å². The van der Waals surface area contributed by atoms with Gasteiger partial charge in [-0.2, -0.15) is 0 Å². The molecule has 2 N–H and O–H groups in total. The van der Waals surface area contributed by atoms with Crippen molar-refractivity contribution in [1.29, 1.82) is 0 Å². The van der Waals surface area contributed by atoms with E-state index in [1.807, 2.05) is 0 Å². The molecule has 0 saturated heterocycles. The predicted molar refractivity (Wildman–Crippen MR) is 109 cm³/mol. The summed E-state index contributed by atoms with van der Waals surface area (Å²) in [7, 11) is 0. The molecule has 2 rings (SSSR count). The van der Waals surface area contributed by atoms with Crippen LogP contribution in [0.2, 0.25) is 10.0 Å². The molecule has 0 fully saturated rings. The van der Waals surface area contributed by atoms with Gasteiger partial charge in [-0.1, -0.05) is 61.3 Å².